The van der Waals surface area contributed by atoms with E-state index in [0.29, 0.717) is 12.0 Å². The molecule has 2 nitrogen and oxygen atoms in total. The first kappa shape index (κ1) is 14.1. The van der Waals surface area contributed by atoms with Gasteiger partial charge in [0.15, 0.2) is 0 Å². The third-order valence-corrected chi connectivity index (χ3v) is 2.73. The Labute approximate surface area is 110 Å². The first-order chi connectivity index (χ1) is 7.88. The van der Waals surface area contributed by atoms with Crippen LogP contribution >= 0.6 is 12.6 Å². The zero-order chi connectivity index (χ0) is 13.2. The number of aromatic nitrogens is 2. The van der Waals surface area contributed by atoms with Crippen molar-refractivity contribution in [2.24, 2.45) is 0 Å². The Morgan fingerprint density at radius 2 is 1.94 bits per heavy atom. The summed E-state index contributed by atoms with van der Waals surface area (Å²) in [5, 5.41) is 4.70. The van der Waals surface area contributed by atoms with Gasteiger partial charge in [-0.15, -0.1) is 12.6 Å². The molecule has 0 aliphatic rings. The van der Waals surface area contributed by atoms with E-state index in [2.05, 4.69) is 53.0 Å². The summed E-state index contributed by atoms with van der Waals surface area (Å²) < 4.78 is 2.05. The van der Waals surface area contributed by atoms with E-state index in [1.807, 2.05) is 17.7 Å². The lowest BCUT2D eigenvalue weighted by Crippen LogP contribution is -2.05. The highest BCUT2D eigenvalue weighted by Crippen LogP contribution is 2.27. The summed E-state index contributed by atoms with van der Waals surface area (Å²) in [4.78, 5) is 0.977. The Morgan fingerprint density at radius 1 is 1.35 bits per heavy atom. The minimum atomic E-state index is 0.333. The predicted molar refractivity (Wildman–Crippen MR) is 79.4 cm³/mol. The highest BCUT2D eigenvalue weighted by molar-refractivity contribution is 7.84. The summed E-state index contributed by atoms with van der Waals surface area (Å²) in [5.74, 6) is 0.398. The molecular weight excluding hydrogens is 228 g/mol. The molecule has 0 saturated heterocycles. The van der Waals surface area contributed by atoms with Crippen LogP contribution in [0.4, 0.5) is 0 Å². The van der Waals surface area contributed by atoms with Crippen molar-refractivity contribution in [3.8, 4) is 0 Å². The van der Waals surface area contributed by atoms with Gasteiger partial charge < -0.3 is 0 Å². The third-order valence-electron chi connectivity index (χ3n) is 2.60. The Hall–Kier alpha value is -0.960. The second-order valence-corrected chi connectivity index (χ2v) is 5.57. The topological polar surface area (TPSA) is 17.8 Å². The Morgan fingerprint density at radius 3 is 2.29 bits per heavy atom. The van der Waals surface area contributed by atoms with Gasteiger partial charge in [0, 0.05) is 11.6 Å². The van der Waals surface area contributed by atoms with E-state index in [4.69, 9.17) is 5.10 Å². The Balaban J connectivity index is 3.51. The smallest absolute Gasteiger partial charge is 0.0728 e. The molecule has 0 aliphatic heterocycles. The van der Waals surface area contributed by atoms with Crippen LogP contribution in [0.25, 0.3) is 12.2 Å². The number of hydrogen-bond donors (Lipinski definition) is 1. The van der Waals surface area contributed by atoms with Crippen molar-refractivity contribution < 1.29 is 0 Å². The zero-order valence-electron chi connectivity index (χ0n) is 11.4. The van der Waals surface area contributed by atoms with E-state index in [9.17, 15) is 0 Å². The summed E-state index contributed by atoms with van der Waals surface area (Å²) >= 11 is 4.36. The van der Waals surface area contributed by atoms with Gasteiger partial charge in [0.2, 0.25) is 0 Å². The summed E-state index contributed by atoms with van der Waals surface area (Å²) in [6.45, 7) is 14.5. The molecule has 3 heteroatoms. The number of rotatable bonds is 4. The molecular formula is C14H22N2S. The van der Waals surface area contributed by atoms with Gasteiger partial charge in [-0.1, -0.05) is 26.5 Å². The molecule has 0 radical (unpaired) electrons. The lowest BCUT2D eigenvalue weighted by molar-refractivity contribution is 0.519. The van der Waals surface area contributed by atoms with E-state index < -0.39 is 0 Å². The molecule has 0 N–H and O–H groups in total. The van der Waals surface area contributed by atoms with Crippen LogP contribution in [0.2, 0.25) is 0 Å². The Bertz CT molecular complexity index is 435. The molecule has 0 fully saturated rings. The van der Waals surface area contributed by atoms with E-state index in [-0.39, 0.29) is 0 Å². The van der Waals surface area contributed by atoms with Crippen LogP contribution in [-0.2, 0) is 0 Å². The highest BCUT2D eigenvalue weighted by atomic mass is 32.1. The van der Waals surface area contributed by atoms with E-state index in [1.165, 1.54) is 0 Å². The second-order valence-electron chi connectivity index (χ2n) is 4.87. The number of allylic oxidation sites excluding steroid dienone is 1. The van der Waals surface area contributed by atoms with Gasteiger partial charge in [0.1, 0.15) is 0 Å². The standard InChI is InChI=1S/C14H22N2S/c1-7-12-13(8-11(6)17)16(10(4)5)15-14(12)9(2)3/h7-10,17H,1H2,2-6H3/b11-8+. The molecule has 0 saturated carbocycles. The quantitative estimate of drug-likeness (QED) is 0.778. The Kier molecular flexibility index (Phi) is 4.63. The largest absolute Gasteiger partial charge is 0.262 e. The average molecular weight is 250 g/mol. The van der Waals surface area contributed by atoms with Crippen molar-refractivity contribution in [1.29, 1.82) is 0 Å². The van der Waals surface area contributed by atoms with Crippen LogP contribution < -0.4 is 0 Å². The van der Waals surface area contributed by atoms with Gasteiger partial charge in [0.05, 0.1) is 11.4 Å². The zero-order valence-corrected chi connectivity index (χ0v) is 12.3. The van der Waals surface area contributed by atoms with Crippen LogP contribution in [0.1, 0.15) is 63.5 Å². The first-order valence-electron chi connectivity index (χ1n) is 6.00. The van der Waals surface area contributed by atoms with Crippen LogP contribution in [0.15, 0.2) is 11.5 Å². The van der Waals surface area contributed by atoms with Crippen molar-refractivity contribution in [2.75, 3.05) is 0 Å². The molecule has 0 bridgehead atoms. The average Bonchev–Trinajstić information content (AvgIpc) is 2.55. The van der Waals surface area contributed by atoms with E-state index in [1.54, 1.807) is 0 Å². The second kappa shape index (κ2) is 5.58. The maximum absolute atomic E-state index is 4.70. The van der Waals surface area contributed by atoms with E-state index in [0.717, 1.165) is 21.9 Å². The molecule has 0 spiro atoms. The molecule has 1 aromatic rings. The molecule has 1 heterocycles. The molecule has 0 amide bonds. The van der Waals surface area contributed by atoms with Crippen molar-refractivity contribution in [1.82, 2.24) is 9.78 Å². The summed E-state index contributed by atoms with van der Waals surface area (Å²) in [6.07, 6.45) is 3.95. The van der Waals surface area contributed by atoms with Gasteiger partial charge in [-0.3, -0.25) is 4.68 Å². The SMILES string of the molecule is C=Cc1c(C(C)C)nn(C(C)C)c1/C=C(\C)S. The molecule has 1 rings (SSSR count). The fraction of sp³-hybridized carbons (Fsp3) is 0.500. The number of thiol groups is 1. The van der Waals surface area contributed by atoms with Gasteiger partial charge in [-0.05, 0) is 37.7 Å². The fourth-order valence-corrected chi connectivity index (χ4v) is 1.97. The van der Waals surface area contributed by atoms with Gasteiger partial charge in [-0.2, -0.15) is 5.10 Å². The predicted octanol–water partition coefficient (Wildman–Crippen LogP) is 4.52. The maximum Gasteiger partial charge on any atom is 0.0728 e. The monoisotopic (exact) mass is 250 g/mol. The number of hydrogen-bond acceptors (Lipinski definition) is 2. The molecule has 94 valence electrons. The fourth-order valence-electron chi connectivity index (χ4n) is 1.85. The van der Waals surface area contributed by atoms with Gasteiger partial charge in [-0.25, -0.2) is 0 Å². The number of nitrogens with zero attached hydrogens (tertiary/aromatic N) is 2. The van der Waals surface area contributed by atoms with Crippen LogP contribution in [0, 0.1) is 0 Å². The van der Waals surface area contributed by atoms with Crippen LogP contribution in [0.5, 0.6) is 0 Å². The normalized spacial score (nSPS) is 12.6. The van der Waals surface area contributed by atoms with Gasteiger partial charge >= 0.3 is 0 Å². The highest BCUT2D eigenvalue weighted by Gasteiger charge is 2.17. The van der Waals surface area contributed by atoms with Crippen molar-refractivity contribution in [3.05, 3.63) is 28.4 Å². The minimum absolute atomic E-state index is 0.333. The summed E-state index contributed by atoms with van der Waals surface area (Å²) in [6, 6.07) is 0.333. The summed E-state index contributed by atoms with van der Waals surface area (Å²) in [7, 11) is 0. The lowest BCUT2D eigenvalue weighted by Gasteiger charge is -2.09. The molecule has 1 aromatic heterocycles. The van der Waals surface area contributed by atoms with Crippen molar-refractivity contribution >= 4 is 24.8 Å². The molecule has 0 unspecified atom stereocenters. The molecule has 17 heavy (non-hydrogen) atoms. The van der Waals surface area contributed by atoms with Gasteiger partial charge in [0.25, 0.3) is 0 Å². The van der Waals surface area contributed by atoms with Crippen molar-refractivity contribution in [3.63, 3.8) is 0 Å². The molecule has 0 aliphatic carbocycles. The minimum Gasteiger partial charge on any atom is -0.262 e. The lowest BCUT2D eigenvalue weighted by atomic mass is 10.0. The van der Waals surface area contributed by atoms with Crippen molar-refractivity contribution in [2.45, 2.75) is 46.6 Å². The first-order valence-corrected chi connectivity index (χ1v) is 6.45. The molecule has 0 aromatic carbocycles. The summed E-state index contributed by atoms with van der Waals surface area (Å²) in [5.41, 5.74) is 3.34. The maximum atomic E-state index is 4.70. The van der Waals surface area contributed by atoms with Crippen LogP contribution in [-0.4, -0.2) is 9.78 Å². The third kappa shape index (κ3) is 3.03. The van der Waals surface area contributed by atoms with E-state index >= 15 is 0 Å². The van der Waals surface area contributed by atoms with Crippen LogP contribution in [0.3, 0.4) is 0 Å². The molecule has 0 atom stereocenters.